The third kappa shape index (κ3) is 3.59. The molecule has 3 aliphatic rings. The topological polar surface area (TPSA) is 74.8 Å². The average Bonchev–Trinajstić information content (AvgIpc) is 3.43. The molecular formula is C19H26N4O3. The maximum absolute atomic E-state index is 12.5. The second kappa shape index (κ2) is 6.96. The SMILES string of the molecule is CNC(=O)[C@@H]1COC2(CN(C(=O)Cc3ccccn3)C2)CN1CC1CC1. The lowest BCUT2D eigenvalue weighted by atomic mass is 9.89. The normalized spacial score (nSPS) is 25.0. The third-order valence-corrected chi connectivity index (χ3v) is 5.59. The number of hydrogen-bond donors (Lipinski definition) is 1. The van der Waals surface area contributed by atoms with Crippen molar-refractivity contribution in [2.24, 2.45) is 5.92 Å². The van der Waals surface area contributed by atoms with Gasteiger partial charge in [0.2, 0.25) is 11.8 Å². The summed E-state index contributed by atoms with van der Waals surface area (Å²) in [6, 6.07) is 5.39. The number of carbonyl (C=O) groups is 2. The highest BCUT2D eigenvalue weighted by Gasteiger charge is 2.52. The fourth-order valence-electron chi connectivity index (χ4n) is 3.91. The number of morpholine rings is 1. The molecule has 1 atom stereocenters. The Kier molecular flexibility index (Phi) is 4.67. The highest BCUT2D eigenvalue weighted by Crippen LogP contribution is 2.35. The van der Waals surface area contributed by atoms with E-state index >= 15 is 0 Å². The van der Waals surface area contributed by atoms with Gasteiger partial charge < -0.3 is 15.0 Å². The monoisotopic (exact) mass is 358 g/mol. The molecule has 140 valence electrons. The molecule has 4 rings (SSSR count). The lowest BCUT2D eigenvalue weighted by Crippen LogP contribution is -2.73. The van der Waals surface area contributed by atoms with Crippen LogP contribution in [0.15, 0.2) is 24.4 Å². The second-order valence-electron chi connectivity index (χ2n) is 7.74. The highest BCUT2D eigenvalue weighted by molar-refractivity contribution is 5.82. The van der Waals surface area contributed by atoms with E-state index in [1.165, 1.54) is 12.8 Å². The molecule has 7 nitrogen and oxygen atoms in total. The fraction of sp³-hybridized carbons (Fsp3) is 0.632. The van der Waals surface area contributed by atoms with Crippen LogP contribution in [0.5, 0.6) is 0 Å². The molecule has 2 saturated heterocycles. The van der Waals surface area contributed by atoms with Gasteiger partial charge >= 0.3 is 0 Å². The summed E-state index contributed by atoms with van der Waals surface area (Å²) in [4.78, 5) is 33.0. The van der Waals surface area contributed by atoms with Gasteiger partial charge in [0.25, 0.3) is 0 Å². The second-order valence-corrected chi connectivity index (χ2v) is 7.74. The van der Waals surface area contributed by atoms with Crippen molar-refractivity contribution < 1.29 is 14.3 Å². The van der Waals surface area contributed by atoms with Crippen LogP contribution in [0.3, 0.4) is 0 Å². The molecule has 1 saturated carbocycles. The zero-order valence-corrected chi connectivity index (χ0v) is 15.2. The summed E-state index contributed by atoms with van der Waals surface area (Å²) in [5, 5.41) is 2.74. The molecule has 2 amide bonds. The van der Waals surface area contributed by atoms with Crippen molar-refractivity contribution in [3.8, 4) is 0 Å². The first-order chi connectivity index (χ1) is 12.6. The van der Waals surface area contributed by atoms with Crippen molar-refractivity contribution in [1.82, 2.24) is 20.1 Å². The van der Waals surface area contributed by atoms with Crippen molar-refractivity contribution in [3.63, 3.8) is 0 Å². The van der Waals surface area contributed by atoms with E-state index in [2.05, 4.69) is 15.2 Å². The molecule has 3 fully saturated rings. The quantitative estimate of drug-likeness (QED) is 0.806. The number of carbonyl (C=O) groups excluding carboxylic acids is 2. The van der Waals surface area contributed by atoms with Gasteiger partial charge in [-0.1, -0.05) is 6.07 Å². The number of nitrogens with one attached hydrogen (secondary N) is 1. The zero-order chi connectivity index (χ0) is 18.1. The molecule has 0 radical (unpaired) electrons. The first-order valence-corrected chi connectivity index (χ1v) is 9.36. The van der Waals surface area contributed by atoms with E-state index in [1.807, 2.05) is 23.1 Å². The van der Waals surface area contributed by atoms with E-state index in [0.717, 1.165) is 18.8 Å². The van der Waals surface area contributed by atoms with E-state index in [1.54, 1.807) is 13.2 Å². The number of aromatic nitrogens is 1. The Hall–Kier alpha value is -1.99. The minimum absolute atomic E-state index is 0.0166. The standard InChI is InChI=1S/C19H26N4O3/c1-20-18(25)16-10-26-19(11-22(16)9-14-5-6-14)12-23(13-19)17(24)8-15-4-2-3-7-21-15/h2-4,7,14,16H,5-6,8-13H2,1H3,(H,20,25)/t16-/m0/s1. The maximum atomic E-state index is 12.5. The summed E-state index contributed by atoms with van der Waals surface area (Å²) < 4.78 is 6.09. The van der Waals surface area contributed by atoms with Gasteiger partial charge in [-0.25, -0.2) is 0 Å². The number of hydrogen-bond acceptors (Lipinski definition) is 5. The van der Waals surface area contributed by atoms with Gasteiger partial charge in [-0.15, -0.1) is 0 Å². The molecule has 3 heterocycles. The number of ether oxygens (including phenoxy) is 1. The number of amides is 2. The average molecular weight is 358 g/mol. The Morgan fingerprint density at radius 2 is 2.12 bits per heavy atom. The van der Waals surface area contributed by atoms with E-state index in [9.17, 15) is 9.59 Å². The maximum Gasteiger partial charge on any atom is 0.239 e. The first-order valence-electron chi connectivity index (χ1n) is 9.36. The van der Waals surface area contributed by atoms with Crippen molar-refractivity contribution in [3.05, 3.63) is 30.1 Å². The van der Waals surface area contributed by atoms with Gasteiger partial charge in [0.05, 0.1) is 26.1 Å². The summed E-state index contributed by atoms with van der Waals surface area (Å²) in [6.45, 7) is 3.26. The van der Waals surface area contributed by atoms with Crippen LogP contribution in [0.25, 0.3) is 0 Å². The molecule has 2 aliphatic heterocycles. The van der Waals surface area contributed by atoms with Gasteiger partial charge in [0.1, 0.15) is 11.6 Å². The van der Waals surface area contributed by atoms with Crippen LogP contribution in [-0.2, 0) is 20.7 Å². The summed E-state index contributed by atoms with van der Waals surface area (Å²) >= 11 is 0. The number of pyridine rings is 1. The number of nitrogens with zero attached hydrogens (tertiary/aromatic N) is 3. The predicted molar refractivity (Wildman–Crippen MR) is 95.4 cm³/mol. The summed E-state index contributed by atoms with van der Waals surface area (Å²) in [5.74, 6) is 0.808. The lowest BCUT2D eigenvalue weighted by molar-refractivity contribution is -0.204. The molecule has 1 aromatic heterocycles. The minimum atomic E-state index is -0.320. The molecule has 26 heavy (non-hydrogen) atoms. The molecular weight excluding hydrogens is 332 g/mol. The van der Waals surface area contributed by atoms with Crippen molar-refractivity contribution >= 4 is 11.8 Å². The first kappa shape index (κ1) is 17.4. The molecule has 0 unspecified atom stereocenters. The van der Waals surface area contributed by atoms with Crippen molar-refractivity contribution in [2.45, 2.75) is 30.9 Å². The van der Waals surface area contributed by atoms with E-state index < -0.39 is 0 Å². The lowest BCUT2D eigenvalue weighted by Gasteiger charge is -2.55. The largest absolute Gasteiger partial charge is 0.368 e. The van der Waals surface area contributed by atoms with E-state index in [-0.39, 0.29) is 23.5 Å². The number of likely N-dealkylation sites (N-methyl/N-ethyl adjacent to an activating group) is 1. The molecule has 0 bridgehead atoms. The Morgan fingerprint density at radius 1 is 1.31 bits per heavy atom. The Bertz CT molecular complexity index is 671. The van der Waals surface area contributed by atoms with Crippen molar-refractivity contribution in [2.75, 3.05) is 39.8 Å². The van der Waals surface area contributed by atoms with Crippen LogP contribution < -0.4 is 5.32 Å². The summed E-state index contributed by atoms with van der Waals surface area (Å²) in [5.41, 5.74) is 0.470. The molecule has 1 N–H and O–H groups in total. The Balaban J connectivity index is 1.35. The fourth-order valence-corrected chi connectivity index (χ4v) is 3.91. The van der Waals surface area contributed by atoms with E-state index in [4.69, 9.17) is 4.74 Å². The van der Waals surface area contributed by atoms with Gasteiger partial charge in [0.15, 0.2) is 0 Å². The summed E-state index contributed by atoms with van der Waals surface area (Å²) in [7, 11) is 1.67. The van der Waals surface area contributed by atoms with Crippen LogP contribution >= 0.6 is 0 Å². The van der Waals surface area contributed by atoms with Crippen molar-refractivity contribution in [1.29, 1.82) is 0 Å². The third-order valence-electron chi connectivity index (χ3n) is 5.59. The number of likely N-dealkylation sites (tertiary alicyclic amines) is 1. The van der Waals surface area contributed by atoms with Crippen LogP contribution in [0, 0.1) is 5.92 Å². The number of rotatable bonds is 5. The minimum Gasteiger partial charge on any atom is -0.368 e. The summed E-state index contributed by atoms with van der Waals surface area (Å²) in [6.07, 6.45) is 4.53. The molecule has 7 heteroatoms. The molecule has 0 aromatic carbocycles. The van der Waals surface area contributed by atoms with E-state index in [0.29, 0.717) is 32.0 Å². The van der Waals surface area contributed by atoms with Crippen LogP contribution in [-0.4, -0.2) is 78.1 Å². The Morgan fingerprint density at radius 3 is 2.77 bits per heavy atom. The smallest absolute Gasteiger partial charge is 0.239 e. The molecule has 1 spiro atoms. The van der Waals surface area contributed by atoms with Crippen LogP contribution in [0.1, 0.15) is 18.5 Å². The van der Waals surface area contributed by atoms with Gasteiger partial charge in [-0.05, 0) is 30.9 Å². The Labute approximate surface area is 153 Å². The molecule has 1 aromatic rings. The van der Waals surface area contributed by atoms with Gasteiger partial charge in [0, 0.05) is 32.0 Å². The highest BCUT2D eigenvalue weighted by atomic mass is 16.5. The predicted octanol–water partition coefficient (Wildman–Crippen LogP) is 0.0619. The van der Waals surface area contributed by atoms with Crippen LogP contribution in [0.4, 0.5) is 0 Å². The van der Waals surface area contributed by atoms with Gasteiger partial charge in [-0.2, -0.15) is 0 Å². The van der Waals surface area contributed by atoms with Gasteiger partial charge in [-0.3, -0.25) is 19.5 Å². The molecule has 1 aliphatic carbocycles. The zero-order valence-electron chi connectivity index (χ0n) is 15.2. The van der Waals surface area contributed by atoms with Crippen LogP contribution in [0.2, 0.25) is 0 Å².